The van der Waals surface area contributed by atoms with Gasteiger partial charge in [0.25, 0.3) is 10.0 Å². The van der Waals surface area contributed by atoms with Crippen LogP contribution in [0.15, 0.2) is 77.7 Å². The zero-order valence-electron chi connectivity index (χ0n) is 20.2. The van der Waals surface area contributed by atoms with Gasteiger partial charge in [-0.05, 0) is 56.3 Å². The third-order valence-corrected chi connectivity index (χ3v) is 7.11. The molecule has 1 N–H and O–H groups in total. The number of carbonyl (C=O) groups excluding carboxylic acids is 1. The molecule has 0 aliphatic rings. The van der Waals surface area contributed by atoms with E-state index in [0.717, 1.165) is 4.31 Å². The number of methoxy groups -OCH3 is 2. The van der Waals surface area contributed by atoms with Crippen molar-refractivity contribution in [1.82, 2.24) is 5.32 Å². The first kappa shape index (κ1) is 25.9. The zero-order chi connectivity index (χ0) is 25.4. The van der Waals surface area contributed by atoms with Crippen LogP contribution in [-0.4, -0.2) is 41.7 Å². The molecule has 0 bridgehead atoms. The average Bonchev–Trinajstić information content (AvgIpc) is 2.88. The fraction of sp³-hybridized carbons (Fsp3) is 0.269. The Hall–Kier alpha value is -3.72. The van der Waals surface area contributed by atoms with Crippen LogP contribution in [0.3, 0.4) is 0 Å². The van der Waals surface area contributed by atoms with Gasteiger partial charge in [0.2, 0.25) is 5.91 Å². The number of benzene rings is 3. The number of para-hydroxylation sites is 2. The summed E-state index contributed by atoms with van der Waals surface area (Å²) < 4.78 is 44.7. The lowest BCUT2D eigenvalue weighted by atomic mass is 10.1. The smallest absolute Gasteiger partial charge is 0.264 e. The number of nitrogens with zero attached hydrogens (tertiary/aromatic N) is 1. The molecule has 3 aromatic carbocycles. The van der Waals surface area contributed by atoms with Gasteiger partial charge in [0.05, 0.1) is 37.5 Å². The summed E-state index contributed by atoms with van der Waals surface area (Å²) in [5.74, 6) is 1.06. The maximum absolute atomic E-state index is 13.6. The van der Waals surface area contributed by atoms with E-state index in [1.54, 1.807) is 81.8 Å². The van der Waals surface area contributed by atoms with Gasteiger partial charge in [-0.25, -0.2) is 8.42 Å². The van der Waals surface area contributed by atoms with Crippen molar-refractivity contribution >= 4 is 21.6 Å². The summed E-state index contributed by atoms with van der Waals surface area (Å²) in [6.45, 7) is 3.50. The number of nitrogens with one attached hydrogen (secondary N) is 1. The molecule has 0 aliphatic heterocycles. The summed E-state index contributed by atoms with van der Waals surface area (Å²) in [4.78, 5) is 13.3. The molecule has 1 amide bonds. The maximum Gasteiger partial charge on any atom is 0.264 e. The van der Waals surface area contributed by atoms with E-state index in [4.69, 9.17) is 14.2 Å². The van der Waals surface area contributed by atoms with Crippen LogP contribution in [0, 0.1) is 0 Å². The van der Waals surface area contributed by atoms with Crippen LogP contribution in [0.25, 0.3) is 0 Å². The van der Waals surface area contributed by atoms with Crippen molar-refractivity contribution in [3.63, 3.8) is 0 Å². The monoisotopic (exact) mass is 498 g/mol. The molecule has 0 saturated heterocycles. The van der Waals surface area contributed by atoms with Gasteiger partial charge in [0.15, 0.2) is 0 Å². The van der Waals surface area contributed by atoms with Crippen LogP contribution in [0.2, 0.25) is 0 Å². The van der Waals surface area contributed by atoms with E-state index in [0.29, 0.717) is 29.4 Å². The zero-order valence-corrected chi connectivity index (χ0v) is 21.0. The van der Waals surface area contributed by atoms with E-state index in [1.807, 2.05) is 6.92 Å². The predicted molar refractivity (Wildman–Crippen MR) is 135 cm³/mol. The Balaban J connectivity index is 1.95. The second-order valence-corrected chi connectivity index (χ2v) is 9.48. The third kappa shape index (κ3) is 6.05. The molecule has 0 fully saturated rings. The normalized spacial score (nSPS) is 11.9. The molecule has 9 heteroatoms. The molecule has 0 unspecified atom stereocenters. The summed E-state index contributed by atoms with van der Waals surface area (Å²) in [5, 5.41) is 2.88. The Morgan fingerprint density at radius 2 is 1.63 bits per heavy atom. The quantitative estimate of drug-likeness (QED) is 0.426. The van der Waals surface area contributed by atoms with E-state index in [9.17, 15) is 13.2 Å². The summed E-state index contributed by atoms with van der Waals surface area (Å²) in [7, 11) is -0.973. The van der Waals surface area contributed by atoms with Crippen molar-refractivity contribution in [2.45, 2.75) is 24.8 Å². The van der Waals surface area contributed by atoms with Crippen molar-refractivity contribution in [2.75, 3.05) is 31.7 Å². The first-order valence-corrected chi connectivity index (χ1v) is 12.6. The van der Waals surface area contributed by atoms with Crippen molar-refractivity contribution in [3.8, 4) is 17.2 Å². The first-order valence-electron chi connectivity index (χ1n) is 11.1. The second-order valence-electron chi connectivity index (χ2n) is 7.62. The highest BCUT2D eigenvalue weighted by atomic mass is 32.2. The van der Waals surface area contributed by atoms with Gasteiger partial charge in [0, 0.05) is 5.56 Å². The largest absolute Gasteiger partial charge is 0.497 e. The fourth-order valence-electron chi connectivity index (χ4n) is 3.63. The number of carbonyl (C=O) groups is 1. The predicted octanol–water partition coefficient (Wildman–Crippen LogP) is 4.18. The minimum Gasteiger partial charge on any atom is -0.497 e. The Labute approximate surface area is 206 Å². The molecule has 0 heterocycles. The molecule has 0 radical (unpaired) electrons. The van der Waals surface area contributed by atoms with Crippen LogP contribution in [0.5, 0.6) is 17.2 Å². The van der Waals surface area contributed by atoms with Crippen molar-refractivity contribution in [1.29, 1.82) is 0 Å². The first-order chi connectivity index (χ1) is 16.8. The van der Waals surface area contributed by atoms with Crippen LogP contribution >= 0.6 is 0 Å². The topological polar surface area (TPSA) is 94.2 Å². The van der Waals surface area contributed by atoms with Crippen molar-refractivity contribution in [2.24, 2.45) is 0 Å². The molecule has 1 atom stereocenters. The van der Waals surface area contributed by atoms with Gasteiger partial charge in [-0.1, -0.05) is 30.3 Å². The number of rotatable bonds is 11. The van der Waals surface area contributed by atoms with Crippen LogP contribution in [0.1, 0.15) is 25.5 Å². The van der Waals surface area contributed by atoms with Gasteiger partial charge in [0.1, 0.15) is 23.8 Å². The van der Waals surface area contributed by atoms with E-state index >= 15 is 0 Å². The molecule has 186 valence electrons. The molecule has 35 heavy (non-hydrogen) atoms. The lowest BCUT2D eigenvalue weighted by Gasteiger charge is -2.27. The van der Waals surface area contributed by atoms with E-state index in [-0.39, 0.29) is 10.6 Å². The van der Waals surface area contributed by atoms with Gasteiger partial charge >= 0.3 is 0 Å². The standard InChI is InChI=1S/C26H30N2O6S/c1-5-34-25-14-10-9-13-23(25)28(35(30,31)21-11-7-6-8-12-21)18-26(29)27-19(2)22-17-20(32-3)15-16-24(22)33-4/h6-17,19H,5,18H2,1-4H3,(H,27,29)/t19-/m0/s1. The summed E-state index contributed by atoms with van der Waals surface area (Å²) in [6.07, 6.45) is 0. The maximum atomic E-state index is 13.6. The number of anilines is 1. The number of ether oxygens (including phenoxy) is 3. The molecule has 0 aromatic heterocycles. The van der Waals surface area contributed by atoms with Crippen LogP contribution in [0.4, 0.5) is 5.69 Å². The molecule has 3 rings (SSSR count). The number of sulfonamides is 1. The Kier molecular flexibility index (Phi) is 8.59. The molecule has 8 nitrogen and oxygen atoms in total. The molecule has 0 saturated carbocycles. The van der Waals surface area contributed by atoms with Gasteiger partial charge in [-0.15, -0.1) is 0 Å². The summed E-state index contributed by atoms with van der Waals surface area (Å²) >= 11 is 0. The number of amides is 1. The second kappa shape index (κ2) is 11.6. The Morgan fingerprint density at radius 3 is 2.29 bits per heavy atom. The molecular weight excluding hydrogens is 468 g/mol. The lowest BCUT2D eigenvalue weighted by Crippen LogP contribution is -2.41. The van der Waals surface area contributed by atoms with Gasteiger partial charge < -0.3 is 19.5 Å². The van der Waals surface area contributed by atoms with Gasteiger partial charge in [-0.3, -0.25) is 9.10 Å². The van der Waals surface area contributed by atoms with E-state index < -0.39 is 28.5 Å². The van der Waals surface area contributed by atoms with E-state index in [1.165, 1.54) is 12.1 Å². The SMILES string of the molecule is CCOc1ccccc1N(CC(=O)N[C@@H](C)c1cc(OC)ccc1OC)S(=O)(=O)c1ccccc1. The fourth-order valence-corrected chi connectivity index (χ4v) is 5.09. The highest BCUT2D eigenvalue weighted by Gasteiger charge is 2.30. The molecule has 0 aliphatic carbocycles. The minimum atomic E-state index is -4.07. The highest BCUT2D eigenvalue weighted by molar-refractivity contribution is 7.92. The summed E-state index contributed by atoms with van der Waals surface area (Å²) in [5.41, 5.74) is 0.979. The number of hydrogen-bond donors (Lipinski definition) is 1. The highest BCUT2D eigenvalue weighted by Crippen LogP contribution is 2.33. The average molecular weight is 499 g/mol. The minimum absolute atomic E-state index is 0.0709. The van der Waals surface area contributed by atoms with Gasteiger partial charge in [-0.2, -0.15) is 0 Å². The lowest BCUT2D eigenvalue weighted by molar-refractivity contribution is -0.120. The van der Waals surface area contributed by atoms with E-state index in [2.05, 4.69) is 5.32 Å². The Morgan fingerprint density at radius 1 is 0.943 bits per heavy atom. The molecule has 3 aromatic rings. The Bertz CT molecular complexity index is 1250. The third-order valence-electron chi connectivity index (χ3n) is 5.33. The molecule has 0 spiro atoms. The number of hydrogen-bond acceptors (Lipinski definition) is 6. The van der Waals surface area contributed by atoms with Crippen molar-refractivity contribution < 1.29 is 27.4 Å². The molecular formula is C26H30N2O6S. The van der Waals surface area contributed by atoms with Crippen LogP contribution < -0.4 is 23.8 Å². The summed E-state index contributed by atoms with van der Waals surface area (Å²) in [6, 6.07) is 19.5. The van der Waals surface area contributed by atoms with Crippen LogP contribution in [-0.2, 0) is 14.8 Å². The van der Waals surface area contributed by atoms with Crippen molar-refractivity contribution in [3.05, 3.63) is 78.4 Å².